The SMILES string of the molecule is CC(C)c1ccc(C(NC(=O)CCC2Cc3ccccc3NC2=O)C(C)C)cc1. The van der Waals surface area contributed by atoms with Crippen LogP contribution in [0.25, 0.3) is 0 Å². The highest BCUT2D eigenvalue weighted by Crippen LogP contribution is 2.28. The first-order chi connectivity index (χ1) is 13.8. The molecule has 0 aromatic heterocycles. The van der Waals surface area contributed by atoms with Gasteiger partial charge in [-0.3, -0.25) is 9.59 Å². The molecule has 4 heteroatoms. The van der Waals surface area contributed by atoms with Crippen LogP contribution in [0.1, 0.15) is 69.2 Å². The van der Waals surface area contributed by atoms with E-state index < -0.39 is 0 Å². The second-order valence-corrected chi connectivity index (χ2v) is 8.70. The summed E-state index contributed by atoms with van der Waals surface area (Å²) < 4.78 is 0. The van der Waals surface area contributed by atoms with Gasteiger partial charge in [-0.2, -0.15) is 0 Å². The number of nitrogens with one attached hydrogen (secondary N) is 2. The zero-order valence-corrected chi connectivity index (χ0v) is 17.9. The first-order valence-electron chi connectivity index (χ1n) is 10.6. The van der Waals surface area contributed by atoms with Crippen LogP contribution < -0.4 is 10.6 Å². The molecule has 29 heavy (non-hydrogen) atoms. The number of anilines is 1. The monoisotopic (exact) mass is 392 g/mol. The normalized spacial score (nSPS) is 17.0. The van der Waals surface area contributed by atoms with Gasteiger partial charge in [0.05, 0.1) is 6.04 Å². The molecule has 0 aliphatic carbocycles. The van der Waals surface area contributed by atoms with Crippen LogP contribution in [0, 0.1) is 11.8 Å². The van der Waals surface area contributed by atoms with Crippen LogP contribution in [0.3, 0.4) is 0 Å². The van der Waals surface area contributed by atoms with Gasteiger partial charge in [-0.25, -0.2) is 0 Å². The van der Waals surface area contributed by atoms with Gasteiger partial charge in [0.2, 0.25) is 11.8 Å². The molecule has 0 radical (unpaired) electrons. The fraction of sp³-hybridized carbons (Fsp3) is 0.440. The molecule has 2 atom stereocenters. The number of carbonyl (C=O) groups is 2. The molecule has 2 unspecified atom stereocenters. The van der Waals surface area contributed by atoms with Crippen molar-refractivity contribution in [3.05, 3.63) is 65.2 Å². The number of hydrogen-bond donors (Lipinski definition) is 2. The minimum atomic E-state index is -0.154. The Labute approximate surface area is 174 Å². The lowest BCUT2D eigenvalue weighted by Gasteiger charge is -2.26. The zero-order valence-electron chi connectivity index (χ0n) is 17.9. The first-order valence-corrected chi connectivity index (χ1v) is 10.6. The Kier molecular flexibility index (Phi) is 6.73. The molecule has 3 rings (SSSR count). The van der Waals surface area contributed by atoms with E-state index in [9.17, 15) is 9.59 Å². The number of amides is 2. The topological polar surface area (TPSA) is 58.2 Å². The number of fused-ring (bicyclic) bond motifs is 1. The van der Waals surface area contributed by atoms with Crippen LogP contribution in [-0.2, 0) is 16.0 Å². The van der Waals surface area contributed by atoms with Crippen LogP contribution in [0.15, 0.2) is 48.5 Å². The molecule has 0 fully saturated rings. The van der Waals surface area contributed by atoms with Crippen LogP contribution in [0.4, 0.5) is 5.69 Å². The molecule has 2 N–H and O–H groups in total. The van der Waals surface area contributed by atoms with Crippen molar-refractivity contribution in [2.45, 2.75) is 58.9 Å². The summed E-state index contributed by atoms with van der Waals surface area (Å²) in [6, 6.07) is 16.4. The highest BCUT2D eigenvalue weighted by atomic mass is 16.2. The minimum absolute atomic E-state index is 0.00305. The van der Waals surface area contributed by atoms with Gasteiger partial charge in [0.25, 0.3) is 0 Å². The van der Waals surface area contributed by atoms with Crippen molar-refractivity contribution in [3.8, 4) is 0 Å². The average molecular weight is 393 g/mol. The largest absolute Gasteiger partial charge is 0.349 e. The zero-order chi connectivity index (χ0) is 21.0. The van der Waals surface area contributed by atoms with Gasteiger partial charge in [0.15, 0.2) is 0 Å². The van der Waals surface area contributed by atoms with Gasteiger partial charge in [-0.1, -0.05) is 70.2 Å². The average Bonchev–Trinajstić information content (AvgIpc) is 2.70. The van der Waals surface area contributed by atoms with Gasteiger partial charge < -0.3 is 10.6 Å². The fourth-order valence-electron chi connectivity index (χ4n) is 3.92. The third-order valence-electron chi connectivity index (χ3n) is 5.78. The van der Waals surface area contributed by atoms with E-state index in [1.807, 2.05) is 24.3 Å². The molecule has 2 amide bonds. The van der Waals surface area contributed by atoms with Crippen LogP contribution in [0.5, 0.6) is 0 Å². The maximum absolute atomic E-state index is 12.7. The molecule has 2 aromatic carbocycles. The summed E-state index contributed by atoms with van der Waals surface area (Å²) in [6.45, 7) is 8.59. The van der Waals surface area contributed by atoms with Crippen molar-refractivity contribution in [1.29, 1.82) is 0 Å². The summed E-state index contributed by atoms with van der Waals surface area (Å²) in [4.78, 5) is 25.0. The maximum atomic E-state index is 12.7. The minimum Gasteiger partial charge on any atom is -0.349 e. The van der Waals surface area contributed by atoms with Crippen LogP contribution in [0.2, 0.25) is 0 Å². The van der Waals surface area contributed by atoms with E-state index in [0.717, 1.165) is 16.8 Å². The first kappa shape index (κ1) is 21.1. The lowest BCUT2D eigenvalue weighted by atomic mass is 9.89. The number of benzene rings is 2. The van der Waals surface area contributed by atoms with E-state index in [1.165, 1.54) is 5.56 Å². The Morgan fingerprint density at radius 3 is 2.34 bits per heavy atom. The van der Waals surface area contributed by atoms with Gasteiger partial charge in [-0.15, -0.1) is 0 Å². The molecule has 0 saturated carbocycles. The summed E-state index contributed by atoms with van der Waals surface area (Å²) >= 11 is 0. The van der Waals surface area contributed by atoms with E-state index in [2.05, 4.69) is 62.6 Å². The van der Waals surface area contributed by atoms with Crippen LogP contribution in [-0.4, -0.2) is 11.8 Å². The van der Waals surface area contributed by atoms with E-state index in [-0.39, 0.29) is 29.7 Å². The Bertz CT molecular complexity index is 855. The van der Waals surface area contributed by atoms with Crippen molar-refractivity contribution in [2.24, 2.45) is 11.8 Å². The summed E-state index contributed by atoms with van der Waals surface area (Å²) in [5, 5.41) is 6.15. The molecule has 1 aliphatic rings. The highest BCUT2D eigenvalue weighted by molar-refractivity contribution is 5.96. The Hall–Kier alpha value is -2.62. The van der Waals surface area contributed by atoms with Gasteiger partial charge in [0.1, 0.15) is 0 Å². The van der Waals surface area contributed by atoms with Crippen molar-refractivity contribution < 1.29 is 9.59 Å². The van der Waals surface area contributed by atoms with Crippen molar-refractivity contribution >= 4 is 17.5 Å². The molecular weight excluding hydrogens is 360 g/mol. The lowest BCUT2D eigenvalue weighted by molar-refractivity contribution is -0.123. The molecule has 2 aromatic rings. The molecule has 4 nitrogen and oxygen atoms in total. The number of hydrogen-bond acceptors (Lipinski definition) is 2. The second-order valence-electron chi connectivity index (χ2n) is 8.70. The van der Waals surface area contributed by atoms with E-state index in [1.54, 1.807) is 0 Å². The Balaban J connectivity index is 1.59. The third-order valence-corrected chi connectivity index (χ3v) is 5.78. The van der Waals surface area contributed by atoms with Gasteiger partial charge in [-0.05, 0) is 47.4 Å². The highest BCUT2D eigenvalue weighted by Gasteiger charge is 2.27. The standard InChI is InChI=1S/C25H32N2O2/c1-16(2)18-9-11-19(12-10-18)24(17(3)4)27-23(28)14-13-21-15-20-7-5-6-8-22(20)26-25(21)29/h5-12,16-17,21,24H,13-15H2,1-4H3,(H,26,29)(H,27,28). The Morgan fingerprint density at radius 2 is 1.69 bits per heavy atom. The summed E-state index contributed by atoms with van der Waals surface area (Å²) in [6.07, 6.45) is 1.61. The molecular formula is C25H32N2O2. The summed E-state index contributed by atoms with van der Waals surface area (Å²) in [5.41, 5.74) is 4.46. The molecule has 1 heterocycles. The smallest absolute Gasteiger partial charge is 0.227 e. The summed E-state index contributed by atoms with van der Waals surface area (Å²) in [5.74, 6) is 0.638. The van der Waals surface area contributed by atoms with E-state index in [4.69, 9.17) is 0 Å². The predicted octanol–water partition coefficient (Wildman–Crippen LogP) is 5.21. The number of rotatable bonds is 7. The molecule has 0 saturated heterocycles. The molecule has 0 bridgehead atoms. The molecule has 1 aliphatic heterocycles. The second kappa shape index (κ2) is 9.25. The van der Waals surface area contributed by atoms with Gasteiger partial charge in [0, 0.05) is 18.0 Å². The third kappa shape index (κ3) is 5.26. The quantitative estimate of drug-likeness (QED) is 0.679. The van der Waals surface area contributed by atoms with Crippen molar-refractivity contribution in [2.75, 3.05) is 5.32 Å². The summed E-state index contributed by atoms with van der Waals surface area (Å²) in [7, 11) is 0. The van der Waals surface area contributed by atoms with Crippen LogP contribution >= 0.6 is 0 Å². The van der Waals surface area contributed by atoms with Crippen molar-refractivity contribution in [1.82, 2.24) is 5.32 Å². The maximum Gasteiger partial charge on any atom is 0.227 e. The van der Waals surface area contributed by atoms with Crippen molar-refractivity contribution in [3.63, 3.8) is 0 Å². The lowest BCUT2D eigenvalue weighted by Crippen LogP contribution is -2.34. The molecule has 154 valence electrons. The van der Waals surface area contributed by atoms with E-state index >= 15 is 0 Å². The predicted molar refractivity (Wildman–Crippen MR) is 118 cm³/mol. The van der Waals surface area contributed by atoms with E-state index in [0.29, 0.717) is 25.2 Å². The van der Waals surface area contributed by atoms with Gasteiger partial charge >= 0.3 is 0 Å². The number of para-hydroxylation sites is 1. The Morgan fingerprint density at radius 1 is 1.03 bits per heavy atom. The molecule has 0 spiro atoms. The fourth-order valence-corrected chi connectivity index (χ4v) is 3.92. The number of carbonyl (C=O) groups excluding carboxylic acids is 2.